The number of nitriles is 1. The lowest BCUT2D eigenvalue weighted by Crippen LogP contribution is -2.51. The Morgan fingerprint density at radius 3 is 0.947 bits per heavy atom. The fraction of sp³-hybridized carbons (Fsp3) is 0.611. The average Bonchev–Trinajstić information content (AvgIpc) is 1.65. The fourth-order valence-electron chi connectivity index (χ4n) is 18.4. The van der Waals surface area contributed by atoms with Gasteiger partial charge in [-0.15, -0.1) is 57.8 Å². The van der Waals surface area contributed by atoms with Crippen molar-refractivity contribution in [2.45, 2.75) is 234 Å². The van der Waals surface area contributed by atoms with Crippen LogP contribution in [-0.4, -0.2) is 181 Å². The summed E-state index contributed by atoms with van der Waals surface area (Å²) in [5.74, 6) is 6.45. The van der Waals surface area contributed by atoms with Crippen LogP contribution in [0.25, 0.3) is 0 Å². The van der Waals surface area contributed by atoms with Crippen LogP contribution in [-0.2, 0) is 28.7 Å². The number of carbonyl (C=O) groups is 2. The third kappa shape index (κ3) is 29.1. The molecule has 4 saturated carbocycles. The number of likely N-dealkylation sites (tertiary alicyclic amines) is 3. The summed E-state index contributed by atoms with van der Waals surface area (Å²) in [4.78, 5) is 47.7. The lowest BCUT2D eigenvalue weighted by Gasteiger charge is -2.38. The minimum Gasteiger partial charge on any atom is -0.444 e. The summed E-state index contributed by atoms with van der Waals surface area (Å²) in [5, 5.41) is 30.7. The fourth-order valence-corrected chi connectivity index (χ4v) is 18.7. The van der Waals surface area contributed by atoms with E-state index >= 15 is 0 Å². The number of fused-ring (bicyclic) bond motifs is 8. The lowest BCUT2D eigenvalue weighted by atomic mass is 9.82. The lowest BCUT2D eigenvalue weighted by molar-refractivity contribution is -0.275. The van der Waals surface area contributed by atoms with Gasteiger partial charge in [0.2, 0.25) is 4.73 Å². The highest BCUT2D eigenvalue weighted by atomic mass is 79.9. The predicted octanol–water partition coefficient (Wildman–Crippen LogP) is 20.8. The van der Waals surface area contributed by atoms with Gasteiger partial charge >= 0.3 is 61.7 Å². The standard InChI is InChI=1S/C25H33F3N4O4.C21H24F3N5O2.C20H25F3N4O2.C12H11BrF3N3O2.C12H22N2O2/c1-15(2)32-22(34-18-7-6-8-19(11-18)35-25(26,27)28)29-21(30-32)12-20-16-9-10-17(20)14-31(13-16)23(33)36-24(3,4)5;1-13(2)29-20(30-16-4-3-5-17(8-16)31-21(22,23)24)26-19(27-29)9-18-14-6-7-15(18)11-28(10-14)12-25;1-12(2)27-19(28-15-4-3-5-16(8-15)29-20(21,22)23)25-18(26-27)9-17-13-6-7-14(17)11-24-10-13;1-7(2)19-11(17-10(13)18-19)20-8-4-3-5-9(6-8)21-12(14,15)16;1-12(2,3)16-11(15)14-6-8-4-5-9(7-14)10(8)13/h6-8,11,15-17,20H,9-10,12-14H2,1-5H3;3-5,8,13-15,18H,6-7,9-11H2,1-2H3;3-5,8,12-14,17,24H,6-7,9-11H2,1-2H3;3-7H,1-2H3;8-10H,4-7,13H2,1-3H3/t16-,17+,20?;14-,15+,18?;13-,14+,17?;;8-,9+,10?. The molecule has 8 fully saturated rings. The monoisotopic (exact) mass is 1950 g/mol. The first-order valence-electron chi connectivity index (χ1n) is 44.6. The van der Waals surface area contributed by atoms with Gasteiger partial charge < -0.3 is 73.1 Å². The molecular weight excluding hydrogens is 1830 g/mol. The SMILES string of the molecule is CC(C)(C)OC(=O)N1C[C@H]2CC[C@@H](C1)C2N.CC(C)n1nc(Br)nc1Oc1cccc(OC(F)(F)F)c1.CC(C)n1nc(CC2[C@@H]3CC[C@H]2CN(C#N)C3)nc1Oc1cccc(OC(F)(F)F)c1.CC(C)n1nc(CC2[C@@H]3CC[C@H]2CN(C(=O)OC(C)(C)C)C3)nc1Oc1cccc(OC(F)(F)F)c1.CC(C)n1nc(CC2[C@@H]3CC[C@H]2CNC3)nc1Oc1cccc(OC(F)(F)F)c1. The van der Waals surface area contributed by atoms with E-state index < -0.39 is 36.7 Å². The molecule has 12 atom stereocenters. The van der Waals surface area contributed by atoms with Crippen molar-refractivity contribution in [3.05, 3.63) is 119 Å². The highest BCUT2D eigenvalue weighted by molar-refractivity contribution is 9.10. The number of rotatable bonds is 22. The van der Waals surface area contributed by atoms with Crippen molar-refractivity contribution < 1.29 is 110 Å². The van der Waals surface area contributed by atoms with E-state index in [-0.39, 0.29) is 106 Å². The van der Waals surface area contributed by atoms with Crippen LogP contribution in [0.2, 0.25) is 0 Å². The van der Waals surface area contributed by atoms with Crippen LogP contribution in [0.1, 0.15) is 190 Å². The number of ether oxygens (including phenoxy) is 10. The number of halogens is 13. The van der Waals surface area contributed by atoms with Gasteiger partial charge in [0, 0.05) is 88.8 Å². The number of amides is 2. The molecule has 133 heavy (non-hydrogen) atoms. The third-order valence-electron chi connectivity index (χ3n) is 24.1. The largest absolute Gasteiger partial charge is 0.573 e. The molecule has 3 N–H and O–H groups in total. The quantitative estimate of drug-likeness (QED) is 0.0470. The first kappa shape index (κ1) is 101. The van der Waals surface area contributed by atoms with E-state index in [4.69, 9.17) is 34.2 Å². The summed E-state index contributed by atoms with van der Waals surface area (Å²) in [5.41, 5.74) is 5.16. The van der Waals surface area contributed by atoms with Crippen LogP contribution >= 0.6 is 15.9 Å². The number of alkyl halides is 12. The molecule has 8 bridgehead atoms. The maximum Gasteiger partial charge on any atom is 0.573 e. The van der Waals surface area contributed by atoms with Gasteiger partial charge in [-0.1, -0.05) is 24.3 Å². The van der Waals surface area contributed by atoms with Crippen LogP contribution in [0.3, 0.4) is 0 Å². The van der Waals surface area contributed by atoms with E-state index in [0.29, 0.717) is 113 Å². The predicted molar refractivity (Wildman–Crippen MR) is 462 cm³/mol. The molecule has 0 radical (unpaired) electrons. The molecule has 4 aromatic heterocycles. The number of nitrogens with two attached hydrogens (primary N) is 1. The first-order valence-corrected chi connectivity index (χ1v) is 45.4. The van der Waals surface area contributed by atoms with Crippen molar-refractivity contribution in [2.24, 2.45) is 70.8 Å². The Bertz CT molecular complexity index is 5180. The number of aromatic nitrogens is 12. The summed E-state index contributed by atoms with van der Waals surface area (Å²) < 4.78 is 206. The average molecular weight is 1950 g/mol. The van der Waals surface area contributed by atoms with Crippen molar-refractivity contribution >= 4 is 28.1 Å². The Morgan fingerprint density at radius 1 is 0.406 bits per heavy atom. The molecule has 728 valence electrons. The van der Waals surface area contributed by atoms with Crippen LogP contribution in [0, 0.1) is 76.6 Å². The Labute approximate surface area is 771 Å². The van der Waals surface area contributed by atoms with Crippen LogP contribution in [0.15, 0.2) is 102 Å². The maximum absolute atomic E-state index is 12.6. The summed E-state index contributed by atoms with van der Waals surface area (Å²) in [6.45, 7) is 33.2. The summed E-state index contributed by atoms with van der Waals surface area (Å²) in [7, 11) is 0. The molecule has 4 aliphatic heterocycles. The summed E-state index contributed by atoms with van der Waals surface area (Å²) in [6, 6.07) is 22.4. The van der Waals surface area contributed by atoms with Gasteiger partial charge in [0.15, 0.2) is 23.7 Å². The molecule has 0 spiro atoms. The van der Waals surface area contributed by atoms with E-state index in [1.807, 2.05) is 112 Å². The molecule has 4 aliphatic carbocycles. The zero-order chi connectivity index (χ0) is 96.6. The van der Waals surface area contributed by atoms with Crippen LogP contribution in [0.4, 0.5) is 62.3 Å². The number of piperidine rings is 4. The Kier molecular flexibility index (Phi) is 32.3. The number of hydrogen-bond acceptors (Lipinski definition) is 24. The molecule has 4 aromatic carbocycles. The maximum atomic E-state index is 12.6. The molecule has 8 aliphatic rings. The second kappa shape index (κ2) is 42.4. The summed E-state index contributed by atoms with van der Waals surface area (Å²) in [6.07, 6.45) is -6.05. The molecule has 8 heterocycles. The highest BCUT2D eigenvalue weighted by Crippen LogP contribution is 2.48. The topological polar surface area (TPSA) is 321 Å². The van der Waals surface area contributed by atoms with Crippen LogP contribution < -0.4 is 48.9 Å². The van der Waals surface area contributed by atoms with Gasteiger partial charge in [-0.3, -0.25) is 0 Å². The zero-order valence-electron chi connectivity index (χ0n) is 76.5. The van der Waals surface area contributed by atoms with Gasteiger partial charge in [0.25, 0.3) is 0 Å². The van der Waals surface area contributed by atoms with E-state index in [0.717, 1.165) is 96.1 Å². The van der Waals surface area contributed by atoms with Gasteiger partial charge in [-0.2, -0.15) is 40.5 Å². The number of carbonyl (C=O) groups excluding carboxylic acids is 2. The minimum absolute atomic E-state index is 0.00519. The number of nitrogens with zero attached hydrogens (tertiary/aromatic N) is 16. The van der Waals surface area contributed by atoms with E-state index in [2.05, 4.69) is 86.7 Å². The van der Waals surface area contributed by atoms with Gasteiger partial charge in [-0.25, -0.2) is 28.3 Å². The Balaban J connectivity index is 0.000000153. The second-order valence-corrected chi connectivity index (χ2v) is 38.5. The number of nitrogens with one attached hydrogen (secondary N) is 1. The number of benzene rings is 4. The van der Waals surface area contributed by atoms with Crippen LogP contribution in [0.5, 0.6) is 70.0 Å². The van der Waals surface area contributed by atoms with Crippen molar-refractivity contribution in [2.75, 3.05) is 52.4 Å². The van der Waals surface area contributed by atoms with Gasteiger partial charge in [-0.05, 0) is 291 Å². The number of hydrogen-bond donors (Lipinski definition) is 2. The Hall–Kier alpha value is -10.8. The molecular formula is C90H115BrF12N18O12. The minimum atomic E-state index is -4.79. The third-order valence-corrected chi connectivity index (χ3v) is 24.4. The molecule has 4 saturated heterocycles. The van der Waals surface area contributed by atoms with Gasteiger partial charge in [0.05, 0.1) is 24.2 Å². The van der Waals surface area contributed by atoms with E-state index in [9.17, 15) is 67.5 Å². The molecule has 43 heteroatoms. The Morgan fingerprint density at radius 2 is 0.662 bits per heavy atom. The first-order chi connectivity index (χ1) is 62.4. The molecule has 16 rings (SSSR count). The molecule has 2 amide bonds. The van der Waals surface area contributed by atoms with Crippen molar-refractivity contribution in [1.82, 2.24) is 79.1 Å². The molecule has 4 unspecified atom stereocenters. The summed E-state index contributed by atoms with van der Waals surface area (Å²) >= 11 is 3.12. The molecule has 8 aromatic rings. The normalized spacial score (nSPS) is 22.6. The zero-order valence-corrected chi connectivity index (χ0v) is 78.0. The van der Waals surface area contributed by atoms with E-state index in [1.54, 1.807) is 26.2 Å². The van der Waals surface area contributed by atoms with Crippen molar-refractivity contribution in [3.8, 4) is 76.2 Å². The highest BCUT2D eigenvalue weighted by Gasteiger charge is 2.48. The smallest absolute Gasteiger partial charge is 0.444 e. The van der Waals surface area contributed by atoms with E-state index in [1.165, 1.54) is 96.4 Å². The second-order valence-electron chi connectivity index (χ2n) is 37.8. The molecule has 30 nitrogen and oxygen atoms in total. The van der Waals surface area contributed by atoms with Gasteiger partial charge in [0.1, 0.15) is 57.2 Å². The van der Waals surface area contributed by atoms with Crippen molar-refractivity contribution in [3.63, 3.8) is 0 Å². The van der Waals surface area contributed by atoms with Crippen molar-refractivity contribution in [1.29, 1.82) is 5.26 Å².